The third-order valence-corrected chi connectivity index (χ3v) is 8.41. The van der Waals surface area contributed by atoms with Crippen molar-refractivity contribution in [3.8, 4) is 11.1 Å². The first kappa shape index (κ1) is 21.5. The van der Waals surface area contributed by atoms with Crippen molar-refractivity contribution < 1.29 is 0 Å². The summed E-state index contributed by atoms with van der Waals surface area (Å²) in [5.74, 6) is 0. The van der Waals surface area contributed by atoms with E-state index in [2.05, 4.69) is 121 Å². The molecule has 0 unspecified atom stereocenters. The Labute approximate surface area is 222 Å². The third kappa shape index (κ3) is 2.93. The van der Waals surface area contributed by atoms with Gasteiger partial charge in [-0.2, -0.15) is 0 Å². The Morgan fingerprint density at radius 3 is 2.13 bits per heavy atom. The smallest absolute Gasteiger partial charge is 0.0620 e. The highest BCUT2D eigenvalue weighted by Gasteiger charge is 2.21. The predicted molar refractivity (Wildman–Crippen MR) is 165 cm³/mol. The molecule has 0 aliphatic heterocycles. The van der Waals surface area contributed by atoms with Crippen molar-refractivity contribution in [2.75, 3.05) is 0 Å². The molecule has 180 valence electrons. The lowest BCUT2D eigenvalue weighted by Crippen LogP contribution is -1.91. The second-order valence-electron chi connectivity index (χ2n) is 10.6. The van der Waals surface area contributed by atoms with Crippen LogP contribution in [-0.4, -0.2) is 4.40 Å². The second-order valence-corrected chi connectivity index (χ2v) is 10.6. The topological polar surface area (TPSA) is 4.41 Å². The van der Waals surface area contributed by atoms with Gasteiger partial charge in [0.2, 0.25) is 0 Å². The summed E-state index contributed by atoms with van der Waals surface area (Å²) in [4.78, 5) is 0. The van der Waals surface area contributed by atoms with Crippen LogP contribution in [0.1, 0.15) is 29.5 Å². The number of hydrogen-bond donors (Lipinski definition) is 0. The Bertz CT molecular complexity index is 2150. The maximum atomic E-state index is 4.09. The Morgan fingerprint density at radius 1 is 0.711 bits per heavy atom. The zero-order valence-corrected chi connectivity index (χ0v) is 21.5. The van der Waals surface area contributed by atoms with Crippen molar-refractivity contribution in [1.29, 1.82) is 0 Å². The van der Waals surface area contributed by atoms with Gasteiger partial charge < -0.3 is 4.40 Å². The molecule has 0 fully saturated rings. The molecule has 7 aromatic rings. The molecule has 0 atom stereocenters. The first-order valence-electron chi connectivity index (χ1n) is 13.5. The highest BCUT2D eigenvalue weighted by Crippen LogP contribution is 2.44. The molecule has 38 heavy (non-hydrogen) atoms. The molecule has 1 aliphatic carbocycles. The molecular formula is C37H27N. The van der Waals surface area contributed by atoms with Gasteiger partial charge in [-0.15, -0.1) is 0 Å². The SMILES string of the molecule is C=Cc1cc2c(cc1C)c1cc(-c3ccccc3C3=CCCC=C3)cc3c4cc5ccccc5cc4n2c13. The third-order valence-electron chi connectivity index (χ3n) is 8.41. The maximum absolute atomic E-state index is 4.09. The van der Waals surface area contributed by atoms with Crippen LogP contribution in [0.2, 0.25) is 0 Å². The fourth-order valence-corrected chi connectivity index (χ4v) is 6.57. The first-order valence-corrected chi connectivity index (χ1v) is 13.5. The van der Waals surface area contributed by atoms with E-state index in [-0.39, 0.29) is 0 Å². The molecule has 2 heterocycles. The fraction of sp³-hybridized carbons (Fsp3) is 0.0811. The molecule has 0 N–H and O–H groups in total. The molecule has 8 rings (SSSR count). The van der Waals surface area contributed by atoms with Gasteiger partial charge in [0, 0.05) is 21.5 Å². The number of aryl methyl sites for hydroxylation is 1. The van der Waals surface area contributed by atoms with Gasteiger partial charge in [0.1, 0.15) is 0 Å². The van der Waals surface area contributed by atoms with Crippen LogP contribution in [0, 0.1) is 6.92 Å². The summed E-state index contributed by atoms with van der Waals surface area (Å²) in [6.07, 6.45) is 11.2. The number of benzene rings is 5. The molecule has 0 saturated heterocycles. The Morgan fingerprint density at radius 2 is 1.39 bits per heavy atom. The summed E-state index contributed by atoms with van der Waals surface area (Å²) in [5.41, 5.74) is 11.5. The van der Waals surface area contributed by atoms with Gasteiger partial charge in [-0.1, -0.05) is 79.4 Å². The predicted octanol–water partition coefficient (Wildman–Crippen LogP) is 10.3. The van der Waals surface area contributed by atoms with E-state index in [9.17, 15) is 0 Å². The van der Waals surface area contributed by atoms with E-state index in [0.29, 0.717) is 0 Å². The lowest BCUT2D eigenvalue weighted by molar-refractivity contribution is 1.04. The molecule has 0 spiro atoms. The monoisotopic (exact) mass is 485 g/mol. The highest BCUT2D eigenvalue weighted by atomic mass is 14.9. The summed E-state index contributed by atoms with van der Waals surface area (Å²) in [5, 5.41) is 7.79. The van der Waals surface area contributed by atoms with Gasteiger partial charge in [0.05, 0.1) is 16.6 Å². The maximum Gasteiger partial charge on any atom is 0.0620 e. The number of nitrogens with zero attached hydrogens (tertiary/aromatic N) is 1. The van der Waals surface area contributed by atoms with Crippen molar-refractivity contribution in [3.05, 3.63) is 126 Å². The van der Waals surface area contributed by atoms with Crippen molar-refractivity contribution in [2.45, 2.75) is 19.8 Å². The summed E-state index contributed by atoms with van der Waals surface area (Å²) < 4.78 is 2.48. The van der Waals surface area contributed by atoms with Gasteiger partial charge in [0.25, 0.3) is 0 Å². The van der Waals surface area contributed by atoms with Crippen LogP contribution in [0.3, 0.4) is 0 Å². The van der Waals surface area contributed by atoms with Crippen LogP contribution in [0.4, 0.5) is 0 Å². The van der Waals surface area contributed by atoms with E-state index in [1.165, 1.54) is 82.3 Å². The molecule has 0 amide bonds. The minimum absolute atomic E-state index is 1.10. The molecule has 1 nitrogen and oxygen atoms in total. The summed E-state index contributed by atoms with van der Waals surface area (Å²) in [7, 11) is 0. The van der Waals surface area contributed by atoms with E-state index in [1.807, 2.05) is 6.08 Å². The summed E-state index contributed by atoms with van der Waals surface area (Å²) in [6.45, 7) is 6.28. The molecular weight excluding hydrogens is 458 g/mol. The van der Waals surface area contributed by atoms with E-state index in [1.54, 1.807) is 0 Å². The van der Waals surface area contributed by atoms with Gasteiger partial charge >= 0.3 is 0 Å². The average molecular weight is 486 g/mol. The molecule has 1 aliphatic rings. The van der Waals surface area contributed by atoms with E-state index in [4.69, 9.17) is 0 Å². The molecule has 2 aromatic heterocycles. The highest BCUT2D eigenvalue weighted by molar-refractivity contribution is 6.26. The van der Waals surface area contributed by atoms with Gasteiger partial charge in [0.15, 0.2) is 0 Å². The van der Waals surface area contributed by atoms with Crippen LogP contribution in [-0.2, 0) is 0 Å². The zero-order chi connectivity index (χ0) is 25.4. The Kier molecular flexibility index (Phi) is 4.48. The number of fused-ring (bicyclic) bond motifs is 7. The zero-order valence-electron chi connectivity index (χ0n) is 21.5. The van der Waals surface area contributed by atoms with Gasteiger partial charge in [-0.3, -0.25) is 0 Å². The normalized spacial score (nSPS) is 13.9. The lowest BCUT2D eigenvalue weighted by atomic mass is 9.90. The van der Waals surface area contributed by atoms with Crippen LogP contribution in [0.25, 0.3) is 71.6 Å². The Balaban J connectivity index is 1.55. The van der Waals surface area contributed by atoms with Crippen LogP contribution < -0.4 is 0 Å². The molecule has 1 heteroatoms. The summed E-state index contributed by atoms with van der Waals surface area (Å²) in [6, 6.07) is 31.8. The number of rotatable bonds is 3. The lowest BCUT2D eigenvalue weighted by Gasteiger charge is -2.14. The summed E-state index contributed by atoms with van der Waals surface area (Å²) >= 11 is 0. The average Bonchev–Trinajstić information content (AvgIpc) is 3.46. The minimum Gasteiger partial charge on any atom is -0.308 e. The Hall–Kier alpha value is -4.62. The standard InChI is InChI=1S/C37H27N/c1-3-24-21-35-31(17-23(24)2)33-19-28(30-16-10-9-15-29(30)25-11-5-4-6-12-25)20-34-32-18-26-13-7-8-14-27(26)22-36(32)38(35)37(33)34/h3,5,7-22H,1,4,6H2,2H3. The number of aromatic nitrogens is 1. The molecule has 0 radical (unpaired) electrons. The van der Waals surface area contributed by atoms with E-state index >= 15 is 0 Å². The van der Waals surface area contributed by atoms with E-state index < -0.39 is 0 Å². The van der Waals surface area contributed by atoms with Crippen LogP contribution in [0.15, 0.2) is 110 Å². The number of hydrogen-bond acceptors (Lipinski definition) is 0. The molecule has 0 bridgehead atoms. The van der Waals surface area contributed by atoms with Crippen LogP contribution >= 0.6 is 0 Å². The van der Waals surface area contributed by atoms with E-state index in [0.717, 1.165) is 12.8 Å². The van der Waals surface area contributed by atoms with Gasteiger partial charge in [-0.05, 0) is 100 Å². The fourth-order valence-electron chi connectivity index (χ4n) is 6.57. The quantitative estimate of drug-likeness (QED) is 0.234. The minimum atomic E-state index is 1.10. The first-order chi connectivity index (χ1) is 18.7. The number of allylic oxidation sites excluding steroid dienone is 4. The van der Waals surface area contributed by atoms with Gasteiger partial charge in [-0.25, -0.2) is 0 Å². The van der Waals surface area contributed by atoms with Crippen molar-refractivity contribution >= 4 is 60.5 Å². The van der Waals surface area contributed by atoms with Crippen molar-refractivity contribution in [1.82, 2.24) is 4.40 Å². The van der Waals surface area contributed by atoms with Crippen molar-refractivity contribution in [3.63, 3.8) is 0 Å². The molecule has 0 saturated carbocycles. The second kappa shape index (κ2) is 7.94. The van der Waals surface area contributed by atoms with Crippen molar-refractivity contribution in [2.24, 2.45) is 0 Å². The largest absolute Gasteiger partial charge is 0.308 e. The van der Waals surface area contributed by atoms with Crippen LogP contribution in [0.5, 0.6) is 0 Å². The molecule has 5 aromatic carbocycles.